The Morgan fingerprint density at radius 2 is 1.83 bits per heavy atom. The van der Waals surface area contributed by atoms with E-state index in [0.717, 1.165) is 18.4 Å². The number of rotatable bonds is 2. The molecule has 1 fully saturated rings. The molecule has 0 spiro atoms. The van der Waals surface area contributed by atoms with E-state index in [1.54, 1.807) is 12.1 Å². The Labute approximate surface area is 70.8 Å². The van der Waals surface area contributed by atoms with Gasteiger partial charge in [-0.15, -0.1) is 0 Å². The van der Waals surface area contributed by atoms with Crippen LogP contribution in [-0.2, 0) is 12.3 Å². The minimum atomic E-state index is -0.588. The first-order chi connectivity index (χ1) is 5.74. The molecule has 0 amide bonds. The SMILES string of the molecule is OC1(c2ccc(CF)cc2)CC1. The van der Waals surface area contributed by atoms with Crippen LogP contribution >= 0.6 is 0 Å². The zero-order valence-electron chi connectivity index (χ0n) is 6.76. The van der Waals surface area contributed by atoms with Gasteiger partial charge in [-0.25, -0.2) is 4.39 Å². The van der Waals surface area contributed by atoms with E-state index >= 15 is 0 Å². The quantitative estimate of drug-likeness (QED) is 0.713. The van der Waals surface area contributed by atoms with Crippen molar-refractivity contribution in [1.29, 1.82) is 0 Å². The zero-order chi connectivity index (χ0) is 8.60. The van der Waals surface area contributed by atoms with Gasteiger partial charge in [0.25, 0.3) is 0 Å². The number of halogens is 1. The first kappa shape index (κ1) is 7.74. The fourth-order valence-corrected chi connectivity index (χ4v) is 1.31. The monoisotopic (exact) mass is 166 g/mol. The molecule has 1 aliphatic carbocycles. The van der Waals surface area contributed by atoms with Crippen molar-refractivity contribution in [3.63, 3.8) is 0 Å². The first-order valence-electron chi connectivity index (χ1n) is 4.12. The summed E-state index contributed by atoms with van der Waals surface area (Å²) in [6.45, 7) is -0.432. The van der Waals surface area contributed by atoms with Crippen molar-refractivity contribution >= 4 is 0 Å². The highest BCUT2D eigenvalue weighted by Gasteiger charge is 2.41. The lowest BCUT2D eigenvalue weighted by atomic mass is 10.1. The average Bonchev–Trinajstić information content (AvgIpc) is 2.85. The summed E-state index contributed by atoms with van der Waals surface area (Å²) < 4.78 is 12.1. The van der Waals surface area contributed by atoms with Gasteiger partial charge in [0, 0.05) is 0 Å². The fraction of sp³-hybridized carbons (Fsp3) is 0.400. The number of hydrogen-bond acceptors (Lipinski definition) is 1. The normalized spacial score (nSPS) is 19.2. The zero-order valence-corrected chi connectivity index (χ0v) is 6.76. The molecule has 0 unspecified atom stereocenters. The summed E-state index contributed by atoms with van der Waals surface area (Å²) in [6.07, 6.45) is 1.67. The highest BCUT2D eigenvalue weighted by molar-refractivity contribution is 5.30. The maximum atomic E-state index is 12.1. The highest BCUT2D eigenvalue weighted by Crippen LogP contribution is 2.45. The van der Waals surface area contributed by atoms with E-state index < -0.39 is 12.3 Å². The molecule has 1 nitrogen and oxygen atoms in total. The number of hydrogen-bond donors (Lipinski definition) is 1. The van der Waals surface area contributed by atoms with E-state index in [2.05, 4.69) is 0 Å². The van der Waals surface area contributed by atoms with Crippen molar-refractivity contribution in [3.05, 3.63) is 35.4 Å². The summed E-state index contributed by atoms with van der Waals surface area (Å²) in [4.78, 5) is 0. The number of aliphatic hydroxyl groups is 1. The predicted octanol–water partition coefficient (Wildman–Crippen LogP) is 2.14. The Morgan fingerprint density at radius 1 is 1.25 bits per heavy atom. The van der Waals surface area contributed by atoms with Crippen LogP contribution in [0.3, 0.4) is 0 Å². The molecule has 0 heterocycles. The van der Waals surface area contributed by atoms with Crippen LogP contribution in [0.25, 0.3) is 0 Å². The fourth-order valence-electron chi connectivity index (χ4n) is 1.31. The molecule has 0 bridgehead atoms. The van der Waals surface area contributed by atoms with Gasteiger partial charge < -0.3 is 5.11 Å². The Morgan fingerprint density at radius 3 is 2.25 bits per heavy atom. The summed E-state index contributed by atoms with van der Waals surface area (Å²) in [5, 5.41) is 9.67. The summed E-state index contributed by atoms with van der Waals surface area (Å²) >= 11 is 0. The molecule has 0 atom stereocenters. The molecule has 0 saturated heterocycles. The Bertz CT molecular complexity index is 274. The minimum Gasteiger partial charge on any atom is -0.385 e. The molecule has 2 rings (SSSR count). The van der Waals surface area contributed by atoms with Crippen molar-refractivity contribution in [2.24, 2.45) is 0 Å². The van der Waals surface area contributed by atoms with E-state index in [4.69, 9.17) is 0 Å². The van der Waals surface area contributed by atoms with Gasteiger partial charge in [-0.3, -0.25) is 0 Å². The average molecular weight is 166 g/mol. The van der Waals surface area contributed by atoms with Gasteiger partial charge in [-0.05, 0) is 24.0 Å². The molecule has 1 aromatic rings. The van der Waals surface area contributed by atoms with E-state index in [0.29, 0.717) is 5.56 Å². The van der Waals surface area contributed by atoms with E-state index in [9.17, 15) is 9.50 Å². The highest BCUT2D eigenvalue weighted by atomic mass is 19.1. The second kappa shape index (κ2) is 2.56. The summed E-state index contributed by atoms with van der Waals surface area (Å²) in [5.74, 6) is 0. The molecule has 1 saturated carbocycles. The van der Waals surface area contributed by atoms with Gasteiger partial charge in [0.05, 0.1) is 5.60 Å². The molecule has 1 N–H and O–H groups in total. The lowest BCUT2D eigenvalue weighted by Gasteiger charge is -2.07. The molecule has 0 aromatic heterocycles. The Kier molecular flexibility index (Phi) is 1.65. The van der Waals surface area contributed by atoms with Crippen LogP contribution in [0.5, 0.6) is 0 Å². The third-order valence-electron chi connectivity index (χ3n) is 2.37. The standard InChI is InChI=1S/C10H11FO/c11-7-8-1-3-9(4-2-8)10(12)5-6-10/h1-4,12H,5-7H2. The Balaban J connectivity index is 2.25. The van der Waals surface area contributed by atoms with Gasteiger partial charge in [0.15, 0.2) is 0 Å². The van der Waals surface area contributed by atoms with E-state index in [-0.39, 0.29) is 0 Å². The van der Waals surface area contributed by atoms with Crippen molar-refractivity contribution in [3.8, 4) is 0 Å². The molecule has 1 aromatic carbocycles. The summed E-state index contributed by atoms with van der Waals surface area (Å²) in [5.41, 5.74) is 0.997. The molecular formula is C10H11FO. The van der Waals surface area contributed by atoms with Crippen LogP contribution in [-0.4, -0.2) is 5.11 Å². The lowest BCUT2D eigenvalue weighted by molar-refractivity contribution is 0.151. The maximum Gasteiger partial charge on any atom is 0.115 e. The van der Waals surface area contributed by atoms with Crippen molar-refractivity contribution < 1.29 is 9.50 Å². The van der Waals surface area contributed by atoms with Crippen LogP contribution in [0.4, 0.5) is 4.39 Å². The molecule has 0 aliphatic heterocycles. The van der Waals surface area contributed by atoms with Crippen molar-refractivity contribution in [2.45, 2.75) is 25.1 Å². The van der Waals surface area contributed by atoms with Gasteiger partial charge in [-0.1, -0.05) is 24.3 Å². The summed E-state index contributed by atoms with van der Waals surface area (Å²) in [7, 11) is 0. The van der Waals surface area contributed by atoms with Crippen LogP contribution in [0, 0.1) is 0 Å². The third kappa shape index (κ3) is 1.23. The van der Waals surface area contributed by atoms with E-state index in [1.807, 2.05) is 12.1 Å². The second-order valence-corrected chi connectivity index (χ2v) is 3.36. The third-order valence-corrected chi connectivity index (χ3v) is 2.37. The van der Waals surface area contributed by atoms with Crippen LogP contribution in [0.1, 0.15) is 24.0 Å². The smallest absolute Gasteiger partial charge is 0.115 e. The molecule has 0 radical (unpaired) electrons. The Hall–Kier alpha value is -0.890. The maximum absolute atomic E-state index is 12.1. The van der Waals surface area contributed by atoms with E-state index in [1.165, 1.54) is 0 Å². The van der Waals surface area contributed by atoms with Crippen LogP contribution in [0.15, 0.2) is 24.3 Å². The van der Waals surface area contributed by atoms with Gasteiger partial charge in [-0.2, -0.15) is 0 Å². The summed E-state index contributed by atoms with van der Waals surface area (Å²) in [6, 6.07) is 7.07. The second-order valence-electron chi connectivity index (χ2n) is 3.36. The van der Waals surface area contributed by atoms with Gasteiger partial charge >= 0.3 is 0 Å². The topological polar surface area (TPSA) is 20.2 Å². The molecule has 2 heteroatoms. The molecule has 12 heavy (non-hydrogen) atoms. The van der Waals surface area contributed by atoms with Crippen molar-refractivity contribution in [1.82, 2.24) is 0 Å². The molecule has 1 aliphatic rings. The number of alkyl halides is 1. The minimum absolute atomic E-state index is 0.432. The van der Waals surface area contributed by atoms with Crippen LogP contribution < -0.4 is 0 Å². The number of benzene rings is 1. The lowest BCUT2D eigenvalue weighted by Crippen LogP contribution is -2.03. The predicted molar refractivity (Wildman–Crippen MR) is 44.4 cm³/mol. The molecular weight excluding hydrogens is 155 g/mol. The first-order valence-corrected chi connectivity index (χ1v) is 4.12. The molecule has 64 valence electrons. The van der Waals surface area contributed by atoms with Crippen molar-refractivity contribution in [2.75, 3.05) is 0 Å². The van der Waals surface area contributed by atoms with Crippen LogP contribution in [0.2, 0.25) is 0 Å². The van der Waals surface area contributed by atoms with Gasteiger partial charge in [0.1, 0.15) is 6.67 Å². The van der Waals surface area contributed by atoms with Gasteiger partial charge in [0.2, 0.25) is 0 Å². The largest absolute Gasteiger partial charge is 0.385 e.